The van der Waals surface area contributed by atoms with Gasteiger partial charge in [-0.05, 0) is 29.1 Å². The smallest absolute Gasteiger partial charge is 0.260 e. The lowest BCUT2D eigenvalue weighted by Gasteiger charge is -2.02. The number of nitrogens with one attached hydrogen (secondary N) is 1. The van der Waals surface area contributed by atoms with Gasteiger partial charge in [0, 0.05) is 18.5 Å². The molecule has 3 aromatic heterocycles. The Morgan fingerprint density at radius 2 is 1.68 bits per heavy atom. The normalized spacial score (nSPS) is 10.8. The van der Waals surface area contributed by atoms with E-state index in [1.54, 1.807) is 28.3 Å². The molecule has 31 heavy (non-hydrogen) atoms. The number of hydrogen-bond donors (Lipinski definition) is 1. The molecule has 0 spiro atoms. The predicted molar refractivity (Wildman–Crippen MR) is 123 cm³/mol. The van der Waals surface area contributed by atoms with Crippen LogP contribution in [0.1, 0.15) is 15.9 Å². The number of rotatable bonds is 6. The molecule has 6 nitrogen and oxygen atoms in total. The van der Waals surface area contributed by atoms with Crippen LogP contribution >= 0.6 is 11.3 Å². The van der Waals surface area contributed by atoms with Crippen molar-refractivity contribution in [1.29, 1.82) is 0 Å². The maximum atomic E-state index is 13.1. The summed E-state index contributed by atoms with van der Waals surface area (Å²) in [6.45, 7) is 0.592. The second-order valence-corrected chi connectivity index (χ2v) is 7.93. The molecule has 1 amide bonds. The second kappa shape index (κ2) is 8.41. The standard InChI is InChI=1S/C24H19N5OS/c30-24(25-22-13-14-29(26-22)19-10-5-2-6-11-19)20-17-28(16-18-8-3-1-4-9-18)27-23(20)21-12-7-15-31-21/h1-15,17H,16H2,(H,25,26,30). The highest BCUT2D eigenvalue weighted by atomic mass is 32.1. The summed E-state index contributed by atoms with van der Waals surface area (Å²) < 4.78 is 3.54. The van der Waals surface area contributed by atoms with Crippen molar-refractivity contribution >= 4 is 23.1 Å². The van der Waals surface area contributed by atoms with Crippen molar-refractivity contribution < 1.29 is 4.79 Å². The van der Waals surface area contributed by atoms with E-state index < -0.39 is 0 Å². The number of amides is 1. The van der Waals surface area contributed by atoms with Crippen LogP contribution in [0.2, 0.25) is 0 Å². The number of thiophene rings is 1. The largest absolute Gasteiger partial charge is 0.305 e. The summed E-state index contributed by atoms with van der Waals surface area (Å²) in [6.07, 6.45) is 3.62. The van der Waals surface area contributed by atoms with E-state index in [-0.39, 0.29) is 5.91 Å². The average molecular weight is 426 g/mol. The molecule has 5 rings (SSSR count). The molecule has 0 aliphatic heterocycles. The molecule has 7 heteroatoms. The van der Waals surface area contributed by atoms with Crippen LogP contribution in [0.4, 0.5) is 5.82 Å². The zero-order valence-electron chi connectivity index (χ0n) is 16.6. The van der Waals surface area contributed by atoms with Crippen molar-refractivity contribution in [2.45, 2.75) is 6.54 Å². The Hall–Kier alpha value is -3.97. The first-order chi connectivity index (χ1) is 15.3. The van der Waals surface area contributed by atoms with Crippen molar-refractivity contribution in [1.82, 2.24) is 19.6 Å². The van der Waals surface area contributed by atoms with Crippen molar-refractivity contribution in [3.05, 3.63) is 108 Å². The Morgan fingerprint density at radius 3 is 2.42 bits per heavy atom. The highest BCUT2D eigenvalue weighted by Gasteiger charge is 2.20. The molecule has 0 saturated heterocycles. The fourth-order valence-corrected chi connectivity index (χ4v) is 4.06. The van der Waals surface area contributed by atoms with Gasteiger partial charge in [0.15, 0.2) is 5.82 Å². The lowest BCUT2D eigenvalue weighted by Crippen LogP contribution is -2.13. The van der Waals surface area contributed by atoms with Crippen molar-refractivity contribution in [2.24, 2.45) is 0 Å². The molecule has 0 atom stereocenters. The Balaban J connectivity index is 1.42. The van der Waals surface area contributed by atoms with E-state index >= 15 is 0 Å². The maximum Gasteiger partial charge on any atom is 0.260 e. The summed E-state index contributed by atoms with van der Waals surface area (Å²) in [7, 11) is 0. The summed E-state index contributed by atoms with van der Waals surface area (Å²) in [4.78, 5) is 14.1. The Morgan fingerprint density at radius 1 is 0.903 bits per heavy atom. The molecule has 0 aliphatic carbocycles. The zero-order chi connectivity index (χ0) is 21.0. The monoisotopic (exact) mass is 425 g/mol. The third kappa shape index (κ3) is 4.17. The van der Waals surface area contributed by atoms with Gasteiger partial charge in [0.1, 0.15) is 5.69 Å². The summed E-state index contributed by atoms with van der Waals surface area (Å²) in [5.41, 5.74) is 3.24. The molecule has 152 valence electrons. The van der Waals surface area contributed by atoms with Gasteiger partial charge in [-0.1, -0.05) is 54.6 Å². The molecule has 0 bridgehead atoms. The second-order valence-electron chi connectivity index (χ2n) is 6.99. The van der Waals surface area contributed by atoms with Gasteiger partial charge in [-0.15, -0.1) is 11.3 Å². The van der Waals surface area contributed by atoms with Gasteiger partial charge in [-0.25, -0.2) is 4.68 Å². The van der Waals surface area contributed by atoms with Crippen LogP contribution in [0.3, 0.4) is 0 Å². The van der Waals surface area contributed by atoms with E-state index in [4.69, 9.17) is 5.10 Å². The molecule has 3 heterocycles. The number of benzene rings is 2. The van der Waals surface area contributed by atoms with Gasteiger partial charge in [-0.2, -0.15) is 10.2 Å². The van der Waals surface area contributed by atoms with Crippen LogP contribution < -0.4 is 5.32 Å². The molecule has 1 N–H and O–H groups in total. The Kier molecular flexibility index (Phi) is 5.16. The minimum absolute atomic E-state index is 0.235. The first-order valence-electron chi connectivity index (χ1n) is 9.84. The third-order valence-corrected chi connectivity index (χ3v) is 5.68. The van der Waals surface area contributed by atoms with E-state index in [1.165, 1.54) is 0 Å². The van der Waals surface area contributed by atoms with Crippen molar-refractivity contribution in [3.63, 3.8) is 0 Å². The highest BCUT2D eigenvalue weighted by molar-refractivity contribution is 7.13. The number of carbonyl (C=O) groups is 1. The minimum Gasteiger partial charge on any atom is -0.305 e. The fourth-order valence-electron chi connectivity index (χ4n) is 3.33. The van der Waals surface area contributed by atoms with Gasteiger partial charge in [0.25, 0.3) is 5.91 Å². The van der Waals surface area contributed by atoms with E-state index in [2.05, 4.69) is 10.4 Å². The SMILES string of the molecule is O=C(Nc1ccn(-c2ccccc2)n1)c1cn(Cc2ccccc2)nc1-c1cccs1. The van der Waals surface area contributed by atoms with Gasteiger partial charge in [0.2, 0.25) is 0 Å². The molecule has 5 aromatic rings. The van der Waals surface area contributed by atoms with E-state index in [1.807, 2.05) is 89.1 Å². The van der Waals surface area contributed by atoms with Crippen LogP contribution in [0.5, 0.6) is 0 Å². The molecule has 0 saturated carbocycles. The molecule has 2 aromatic carbocycles. The van der Waals surface area contributed by atoms with E-state index in [9.17, 15) is 4.79 Å². The number of hydrogen-bond acceptors (Lipinski definition) is 4. The maximum absolute atomic E-state index is 13.1. The number of para-hydroxylation sites is 1. The lowest BCUT2D eigenvalue weighted by atomic mass is 10.2. The van der Waals surface area contributed by atoms with Gasteiger partial charge < -0.3 is 5.32 Å². The van der Waals surface area contributed by atoms with Crippen molar-refractivity contribution in [2.75, 3.05) is 5.32 Å². The van der Waals surface area contributed by atoms with E-state index in [0.29, 0.717) is 23.6 Å². The summed E-state index contributed by atoms with van der Waals surface area (Å²) >= 11 is 1.56. The molecule has 0 unspecified atom stereocenters. The van der Waals surface area contributed by atoms with Gasteiger partial charge in [0.05, 0.1) is 22.7 Å². The molecular formula is C24H19N5OS. The highest BCUT2D eigenvalue weighted by Crippen LogP contribution is 2.27. The van der Waals surface area contributed by atoms with Crippen LogP contribution in [-0.2, 0) is 6.54 Å². The average Bonchev–Trinajstić information content (AvgIpc) is 3.56. The number of carbonyl (C=O) groups excluding carboxylic acids is 1. The van der Waals surface area contributed by atoms with Gasteiger partial charge in [-0.3, -0.25) is 9.48 Å². The topological polar surface area (TPSA) is 64.7 Å². The quantitative estimate of drug-likeness (QED) is 0.412. The summed E-state index contributed by atoms with van der Waals surface area (Å²) in [6, 6.07) is 25.5. The van der Waals surface area contributed by atoms with Crippen LogP contribution in [0, 0.1) is 0 Å². The Bertz CT molecular complexity index is 1290. The number of nitrogens with zero attached hydrogens (tertiary/aromatic N) is 4. The Labute approximate surface area is 183 Å². The fraction of sp³-hybridized carbons (Fsp3) is 0.0417. The molecular weight excluding hydrogens is 406 g/mol. The third-order valence-electron chi connectivity index (χ3n) is 4.80. The molecule has 0 fully saturated rings. The molecule has 0 radical (unpaired) electrons. The van der Waals surface area contributed by atoms with Gasteiger partial charge >= 0.3 is 0 Å². The molecule has 0 aliphatic rings. The van der Waals surface area contributed by atoms with Crippen LogP contribution in [0.15, 0.2) is 96.6 Å². The lowest BCUT2D eigenvalue weighted by molar-refractivity contribution is 0.102. The first-order valence-corrected chi connectivity index (χ1v) is 10.7. The summed E-state index contributed by atoms with van der Waals surface area (Å²) in [5.74, 6) is 0.253. The van der Waals surface area contributed by atoms with Crippen LogP contribution in [0.25, 0.3) is 16.3 Å². The zero-order valence-corrected chi connectivity index (χ0v) is 17.4. The number of anilines is 1. The summed E-state index contributed by atoms with van der Waals surface area (Å²) in [5, 5.41) is 14.1. The number of aromatic nitrogens is 4. The van der Waals surface area contributed by atoms with E-state index in [0.717, 1.165) is 16.1 Å². The first kappa shape index (κ1) is 19.0. The minimum atomic E-state index is -0.235. The van der Waals surface area contributed by atoms with Crippen molar-refractivity contribution in [3.8, 4) is 16.3 Å². The van der Waals surface area contributed by atoms with Crippen LogP contribution in [-0.4, -0.2) is 25.5 Å². The predicted octanol–water partition coefficient (Wildman–Crippen LogP) is 5.10.